The normalized spacial score (nSPS) is 27.0. The lowest BCUT2D eigenvalue weighted by molar-refractivity contribution is -0.137. The van der Waals surface area contributed by atoms with Crippen molar-refractivity contribution in [1.82, 2.24) is 0 Å². The fraction of sp³-hybridized carbons (Fsp3) is 0.773. The Kier molecular flexibility index (Phi) is 12.3. The van der Waals surface area contributed by atoms with Crippen LogP contribution < -0.4 is 0 Å². The maximum Gasteiger partial charge on any atom is 0.303 e. The number of hydrogen-bond donors (Lipinski definition) is 4. The van der Waals surface area contributed by atoms with Crippen LogP contribution in [0.25, 0.3) is 0 Å². The van der Waals surface area contributed by atoms with Crippen molar-refractivity contribution in [3.8, 4) is 0 Å². The highest BCUT2D eigenvalue weighted by atomic mass is 16.4. The van der Waals surface area contributed by atoms with E-state index in [9.17, 15) is 20.1 Å². The lowest BCUT2D eigenvalue weighted by atomic mass is 9.89. The quantitative estimate of drug-likeness (QED) is 0.270. The molecule has 5 heteroatoms. The molecule has 0 aromatic heterocycles. The molecule has 0 bridgehead atoms. The van der Waals surface area contributed by atoms with Crippen LogP contribution >= 0.6 is 0 Å². The first-order valence-corrected chi connectivity index (χ1v) is 10.5. The molecule has 0 spiro atoms. The lowest BCUT2D eigenvalue weighted by Crippen LogP contribution is -2.20. The summed E-state index contributed by atoms with van der Waals surface area (Å²) in [6.07, 6.45) is 15.0. The van der Waals surface area contributed by atoms with Gasteiger partial charge in [-0.15, -0.1) is 0 Å². The highest BCUT2D eigenvalue weighted by molar-refractivity contribution is 5.66. The fourth-order valence-electron chi connectivity index (χ4n) is 3.75. The molecule has 0 heterocycles. The Hall–Kier alpha value is -1.17. The number of carboxylic acids is 1. The molecule has 1 rings (SSSR count). The SMILES string of the molecule is CCCCCC(O)C=CC1C(O)CC(O)C1CC=CCCCCCC(=O)O. The third kappa shape index (κ3) is 10.1. The van der Waals surface area contributed by atoms with E-state index >= 15 is 0 Å². The fourth-order valence-corrected chi connectivity index (χ4v) is 3.75. The van der Waals surface area contributed by atoms with Gasteiger partial charge in [-0.25, -0.2) is 0 Å². The largest absolute Gasteiger partial charge is 0.481 e. The first kappa shape index (κ1) is 23.9. The highest BCUT2D eigenvalue weighted by Crippen LogP contribution is 2.36. The number of allylic oxidation sites excluding steroid dienone is 2. The molecule has 4 N–H and O–H groups in total. The van der Waals surface area contributed by atoms with E-state index in [1.165, 1.54) is 0 Å². The van der Waals surface area contributed by atoms with Gasteiger partial charge in [-0.1, -0.05) is 56.9 Å². The van der Waals surface area contributed by atoms with Crippen molar-refractivity contribution in [3.63, 3.8) is 0 Å². The van der Waals surface area contributed by atoms with E-state index in [0.29, 0.717) is 19.3 Å². The molecule has 5 unspecified atom stereocenters. The molecule has 1 fully saturated rings. The van der Waals surface area contributed by atoms with Gasteiger partial charge in [-0.05, 0) is 38.0 Å². The Morgan fingerprint density at radius 3 is 2.56 bits per heavy atom. The van der Waals surface area contributed by atoms with E-state index < -0.39 is 24.3 Å². The van der Waals surface area contributed by atoms with Gasteiger partial charge in [0.2, 0.25) is 0 Å². The molecule has 156 valence electrons. The molecule has 0 aromatic carbocycles. The maximum absolute atomic E-state index is 10.5. The molecular formula is C22H38O5. The van der Waals surface area contributed by atoms with Gasteiger partial charge < -0.3 is 20.4 Å². The molecule has 0 radical (unpaired) electrons. The Morgan fingerprint density at radius 2 is 1.85 bits per heavy atom. The summed E-state index contributed by atoms with van der Waals surface area (Å²) in [5.41, 5.74) is 0. The Morgan fingerprint density at radius 1 is 1.07 bits per heavy atom. The first-order valence-electron chi connectivity index (χ1n) is 10.5. The first-order chi connectivity index (χ1) is 13.0. The van der Waals surface area contributed by atoms with E-state index in [-0.39, 0.29) is 18.3 Å². The van der Waals surface area contributed by atoms with Crippen LogP contribution in [0.5, 0.6) is 0 Å². The van der Waals surface area contributed by atoms with E-state index in [4.69, 9.17) is 5.11 Å². The average Bonchev–Trinajstić information content (AvgIpc) is 2.88. The van der Waals surface area contributed by atoms with Crippen molar-refractivity contribution in [2.45, 2.75) is 95.9 Å². The molecule has 5 atom stereocenters. The van der Waals surface area contributed by atoms with Crippen LogP contribution in [-0.2, 0) is 4.79 Å². The number of aliphatic hydroxyl groups excluding tert-OH is 3. The van der Waals surface area contributed by atoms with Crippen LogP contribution in [0.1, 0.15) is 77.6 Å². The Bertz CT molecular complexity index is 460. The number of unbranched alkanes of at least 4 members (excludes halogenated alkanes) is 5. The topological polar surface area (TPSA) is 98.0 Å². The van der Waals surface area contributed by atoms with Crippen LogP contribution in [0, 0.1) is 11.8 Å². The summed E-state index contributed by atoms with van der Waals surface area (Å²) < 4.78 is 0. The maximum atomic E-state index is 10.5. The molecule has 5 nitrogen and oxygen atoms in total. The number of carboxylic acid groups (broad SMARTS) is 1. The Labute approximate surface area is 163 Å². The molecule has 1 aliphatic carbocycles. The summed E-state index contributed by atoms with van der Waals surface area (Å²) in [5, 5.41) is 39.1. The van der Waals surface area contributed by atoms with Crippen LogP contribution in [0.2, 0.25) is 0 Å². The third-order valence-corrected chi connectivity index (χ3v) is 5.41. The number of aliphatic carboxylic acids is 1. The van der Waals surface area contributed by atoms with Gasteiger partial charge in [0.1, 0.15) is 0 Å². The van der Waals surface area contributed by atoms with Gasteiger partial charge in [-0.3, -0.25) is 4.79 Å². The van der Waals surface area contributed by atoms with Crippen molar-refractivity contribution < 1.29 is 25.2 Å². The number of aliphatic hydroxyl groups is 3. The van der Waals surface area contributed by atoms with E-state index in [0.717, 1.165) is 44.9 Å². The lowest BCUT2D eigenvalue weighted by Gasteiger charge is -2.19. The zero-order valence-corrected chi connectivity index (χ0v) is 16.7. The minimum Gasteiger partial charge on any atom is -0.481 e. The van der Waals surface area contributed by atoms with Crippen molar-refractivity contribution in [2.24, 2.45) is 11.8 Å². The van der Waals surface area contributed by atoms with Crippen molar-refractivity contribution in [2.75, 3.05) is 0 Å². The van der Waals surface area contributed by atoms with Crippen LogP contribution in [0.3, 0.4) is 0 Å². The van der Waals surface area contributed by atoms with Gasteiger partial charge in [0.15, 0.2) is 0 Å². The summed E-state index contributed by atoms with van der Waals surface area (Å²) in [7, 11) is 0. The summed E-state index contributed by atoms with van der Waals surface area (Å²) in [6, 6.07) is 0. The van der Waals surface area contributed by atoms with Crippen LogP contribution in [0.4, 0.5) is 0 Å². The zero-order valence-electron chi connectivity index (χ0n) is 16.7. The van der Waals surface area contributed by atoms with Crippen molar-refractivity contribution in [1.29, 1.82) is 0 Å². The molecular weight excluding hydrogens is 344 g/mol. The third-order valence-electron chi connectivity index (χ3n) is 5.41. The van der Waals surface area contributed by atoms with Gasteiger partial charge >= 0.3 is 5.97 Å². The molecule has 0 aliphatic heterocycles. The summed E-state index contributed by atoms with van der Waals surface area (Å²) in [6.45, 7) is 2.13. The van der Waals surface area contributed by atoms with Crippen molar-refractivity contribution in [3.05, 3.63) is 24.3 Å². The van der Waals surface area contributed by atoms with Crippen LogP contribution in [0.15, 0.2) is 24.3 Å². The second kappa shape index (κ2) is 13.9. The second-order valence-electron chi connectivity index (χ2n) is 7.76. The summed E-state index contributed by atoms with van der Waals surface area (Å²) in [5.74, 6) is -0.891. The van der Waals surface area contributed by atoms with Crippen molar-refractivity contribution >= 4 is 5.97 Å². The minimum atomic E-state index is -0.742. The molecule has 27 heavy (non-hydrogen) atoms. The van der Waals surface area contributed by atoms with Crippen LogP contribution in [-0.4, -0.2) is 44.7 Å². The number of hydrogen-bond acceptors (Lipinski definition) is 4. The summed E-state index contributed by atoms with van der Waals surface area (Å²) >= 11 is 0. The van der Waals surface area contributed by atoms with E-state index in [2.05, 4.69) is 19.1 Å². The summed E-state index contributed by atoms with van der Waals surface area (Å²) in [4.78, 5) is 10.5. The standard InChI is InChI=1S/C22H38O5/c1-2-3-8-11-17(23)14-15-19-18(20(24)16-21(19)25)12-9-6-4-5-7-10-13-22(26)27/h6,9,14-15,17-21,23-25H,2-5,7-8,10-13,16H2,1H3,(H,26,27). The minimum absolute atomic E-state index is 0.0256. The highest BCUT2D eigenvalue weighted by Gasteiger charge is 2.39. The van der Waals surface area contributed by atoms with Gasteiger partial charge in [0.05, 0.1) is 18.3 Å². The predicted octanol–water partition coefficient (Wildman–Crippen LogP) is 3.82. The molecule has 0 amide bonds. The van der Waals surface area contributed by atoms with Gasteiger partial charge in [-0.2, -0.15) is 0 Å². The number of carbonyl (C=O) groups is 1. The smallest absolute Gasteiger partial charge is 0.303 e. The van der Waals surface area contributed by atoms with E-state index in [1.807, 2.05) is 6.08 Å². The zero-order chi connectivity index (χ0) is 20.1. The second-order valence-corrected chi connectivity index (χ2v) is 7.76. The predicted molar refractivity (Wildman–Crippen MR) is 107 cm³/mol. The molecule has 1 aliphatic rings. The average molecular weight is 383 g/mol. The Balaban J connectivity index is 2.37. The monoisotopic (exact) mass is 382 g/mol. The molecule has 0 saturated heterocycles. The number of rotatable bonds is 14. The van der Waals surface area contributed by atoms with Gasteiger partial charge in [0.25, 0.3) is 0 Å². The molecule has 1 saturated carbocycles. The molecule has 0 aromatic rings. The van der Waals surface area contributed by atoms with Gasteiger partial charge in [0, 0.05) is 18.8 Å². The van der Waals surface area contributed by atoms with E-state index in [1.54, 1.807) is 6.08 Å².